The standard InChI is InChI=1S/C12H12ClNO/c1-8-6-9(2-3-11(8)13)12(15)10-4-5-14-7-10/h2-7,12,14-15H,1H3. The summed E-state index contributed by atoms with van der Waals surface area (Å²) < 4.78 is 0. The van der Waals surface area contributed by atoms with Crippen LogP contribution in [0.3, 0.4) is 0 Å². The molecular formula is C12H12ClNO. The highest BCUT2D eigenvalue weighted by Gasteiger charge is 2.11. The van der Waals surface area contributed by atoms with Gasteiger partial charge in [-0.25, -0.2) is 0 Å². The summed E-state index contributed by atoms with van der Waals surface area (Å²) in [7, 11) is 0. The summed E-state index contributed by atoms with van der Waals surface area (Å²) >= 11 is 5.92. The predicted octanol–water partition coefficient (Wildman–Crippen LogP) is 3.06. The maximum Gasteiger partial charge on any atom is 0.106 e. The number of benzene rings is 1. The predicted molar refractivity (Wildman–Crippen MR) is 61.0 cm³/mol. The van der Waals surface area contributed by atoms with Crippen molar-refractivity contribution >= 4 is 11.6 Å². The first-order chi connectivity index (χ1) is 7.18. The van der Waals surface area contributed by atoms with Crippen LogP contribution in [0.5, 0.6) is 0 Å². The molecule has 0 spiro atoms. The van der Waals surface area contributed by atoms with E-state index >= 15 is 0 Å². The minimum atomic E-state index is -0.591. The maximum absolute atomic E-state index is 10.0. The van der Waals surface area contributed by atoms with Gasteiger partial charge >= 0.3 is 0 Å². The first-order valence-electron chi connectivity index (χ1n) is 4.75. The van der Waals surface area contributed by atoms with Crippen LogP contribution in [0.15, 0.2) is 36.7 Å². The highest BCUT2D eigenvalue weighted by molar-refractivity contribution is 6.31. The van der Waals surface area contributed by atoms with Crippen molar-refractivity contribution in [2.24, 2.45) is 0 Å². The number of nitrogens with one attached hydrogen (secondary N) is 1. The third kappa shape index (κ3) is 2.06. The van der Waals surface area contributed by atoms with Crippen molar-refractivity contribution in [2.75, 3.05) is 0 Å². The van der Waals surface area contributed by atoms with Gasteiger partial charge in [-0.3, -0.25) is 0 Å². The van der Waals surface area contributed by atoms with Crippen molar-refractivity contribution in [1.82, 2.24) is 4.98 Å². The van der Waals surface area contributed by atoms with E-state index < -0.39 is 6.10 Å². The van der Waals surface area contributed by atoms with Gasteiger partial charge < -0.3 is 10.1 Å². The second kappa shape index (κ2) is 4.09. The van der Waals surface area contributed by atoms with E-state index in [0.717, 1.165) is 21.7 Å². The molecule has 0 aliphatic carbocycles. The Bertz CT molecular complexity index is 451. The van der Waals surface area contributed by atoms with Gasteiger partial charge in [-0.1, -0.05) is 23.7 Å². The molecule has 1 heterocycles. The first-order valence-corrected chi connectivity index (χ1v) is 5.13. The molecule has 2 N–H and O–H groups in total. The third-order valence-electron chi connectivity index (χ3n) is 2.44. The molecule has 0 amide bonds. The molecule has 1 aromatic heterocycles. The molecule has 2 rings (SSSR count). The first kappa shape index (κ1) is 10.3. The lowest BCUT2D eigenvalue weighted by atomic mass is 10.0. The Morgan fingerprint density at radius 1 is 1.27 bits per heavy atom. The second-order valence-electron chi connectivity index (χ2n) is 3.56. The molecule has 15 heavy (non-hydrogen) atoms. The fourth-order valence-electron chi connectivity index (χ4n) is 1.54. The fraction of sp³-hybridized carbons (Fsp3) is 0.167. The summed E-state index contributed by atoms with van der Waals surface area (Å²) in [5.41, 5.74) is 2.69. The summed E-state index contributed by atoms with van der Waals surface area (Å²) in [6.45, 7) is 1.93. The lowest BCUT2D eigenvalue weighted by molar-refractivity contribution is 0.220. The van der Waals surface area contributed by atoms with Gasteiger partial charge in [0.25, 0.3) is 0 Å². The van der Waals surface area contributed by atoms with Crippen molar-refractivity contribution in [1.29, 1.82) is 0 Å². The van der Waals surface area contributed by atoms with Crippen molar-refractivity contribution in [2.45, 2.75) is 13.0 Å². The van der Waals surface area contributed by atoms with Crippen molar-refractivity contribution in [3.63, 3.8) is 0 Å². The van der Waals surface area contributed by atoms with Gasteiger partial charge in [0.15, 0.2) is 0 Å². The van der Waals surface area contributed by atoms with Gasteiger partial charge in [-0.15, -0.1) is 0 Å². The van der Waals surface area contributed by atoms with Crippen LogP contribution >= 0.6 is 11.6 Å². The monoisotopic (exact) mass is 221 g/mol. The third-order valence-corrected chi connectivity index (χ3v) is 2.86. The highest BCUT2D eigenvalue weighted by Crippen LogP contribution is 2.25. The maximum atomic E-state index is 10.0. The van der Waals surface area contributed by atoms with Crippen LogP contribution in [0.4, 0.5) is 0 Å². The molecule has 0 saturated carbocycles. The summed E-state index contributed by atoms with van der Waals surface area (Å²) in [5.74, 6) is 0. The summed E-state index contributed by atoms with van der Waals surface area (Å²) in [5, 5.41) is 10.8. The van der Waals surface area contributed by atoms with E-state index in [4.69, 9.17) is 11.6 Å². The number of aromatic nitrogens is 1. The van der Waals surface area contributed by atoms with Crippen LogP contribution in [0, 0.1) is 6.92 Å². The Balaban J connectivity index is 2.34. The number of halogens is 1. The van der Waals surface area contributed by atoms with Crippen LogP contribution < -0.4 is 0 Å². The van der Waals surface area contributed by atoms with Crippen molar-refractivity contribution < 1.29 is 5.11 Å². The molecule has 0 aliphatic rings. The fourth-order valence-corrected chi connectivity index (χ4v) is 1.65. The summed E-state index contributed by atoms with van der Waals surface area (Å²) in [6, 6.07) is 7.41. The van der Waals surface area contributed by atoms with Gasteiger partial charge in [0.05, 0.1) is 0 Å². The van der Waals surface area contributed by atoms with E-state index in [2.05, 4.69) is 4.98 Å². The van der Waals surface area contributed by atoms with E-state index in [1.807, 2.05) is 31.2 Å². The molecule has 0 fully saturated rings. The van der Waals surface area contributed by atoms with Crippen LogP contribution in [0.2, 0.25) is 5.02 Å². The van der Waals surface area contributed by atoms with Crippen molar-refractivity contribution in [3.05, 3.63) is 58.4 Å². The quantitative estimate of drug-likeness (QED) is 0.804. The number of aryl methyl sites for hydroxylation is 1. The zero-order valence-electron chi connectivity index (χ0n) is 8.37. The summed E-state index contributed by atoms with van der Waals surface area (Å²) in [6.07, 6.45) is 2.99. The van der Waals surface area contributed by atoms with E-state index in [1.54, 1.807) is 12.4 Å². The Labute approximate surface area is 93.5 Å². The average Bonchev–Trinajstić information content (AvgIpc) is 2.74. The Morgan fingerprint density at radius 2 is 2.07 bits per heavy atom. The zero-order chi connectivity index (χ0) is 10.8. The summed E-state index contributed by atoms with van der Waals surface area (Å²) in [4.78, 5) is 2.92. The van der Waals surface area contributed by atoms with Gasteiger partial charge in [0.2, 0.25) is 0 Å². The molecule has 1 unspecified atom stereocenters. The number of hydrogen-bond acceptors (Lipinski definition) is 1. The molecule has 2 nitrogen and oxygen atoms in total. The van der Waals surface area contributed by atoms with E-state index in [0.29, 0.717) is 0 Å². The highest BCUT2D eigenvalue weighted by atomic mass is 35.5. The number of aliphatic hydroxyl groups is 1. The normalized spacial score (nSPS) is 12.7. The number of H-pyrrole nitrogens is 1. The lowest BCUT2D eigenvalue weighted by Gasteiger charge is -2.10. The topological polar surface area (TPSA) is 36.0 Å². The number of aromatic amines is 1. The second-order valence-corrected chi connectivity index (χ2v) is 3.96. The van der Waals surface area contributed by atoms with Gasteiger partial charge in [-0.2, -0.15) is 0 Å². The van der Waals surface area contributed by atoms with Crippen molar-refractivity contribution in [3.8, 4) is 0 Å². The minimum absolute atomic E-state index is 0.591. The van der Waals surface area contributed by atoms with Crippen LogP contribution in [0.1, 0.15) is 22.8 Å². The average molecular weight is 222 g/mol. The largest absolute Gasteiger partial charge is 0.384 e. The van der Waals surface area contributed by atoms with Crippen LogP contribution in [-0.4, -0.2) is 10.1 Å². The van der Waals surface area contributed by atoms with E-state index in [9.17, 15) is 5.11 Å². The minimum Gasteiger partial charge on any atom is -0.384 e. The molecular weight excluding hydrogens is 210 g/mol. The smallest absolute Gasteiger partial charge is 0.106 e. The lowest BCUT2D eigenvalue weighted by Crippen LogP contribution is -1.98. The van der Waals surface area contributed by atoms with Crippen LogP contribution in [0.25, 0.3) is 0 Å². The van der Waals surface area contributed by atoms with Gasteiger partial charge in [0, 0.05) is 23.0 Å². The molecule has 0 bridgehead atoms. The molecule has 1 atom stereocenters. The number of aliphatic hydroxyl groups excluding tert-OH is 1. The zero-order valence-corrected chi connectivity index (χ0v) is 9.12. The molecule has 0 radical (unpaired) electrons. The SMILES string of the molecule is Cc1cc(C(O)c2cc[nH]c2)ccc1Cl. The van der Waals surface area contributed by atoms with E-state index in [1.165, 1.54) is 0 Å². The Hall–Kier alpha value is -1.25. The Morgan fingerprint density at radius 3 is 2.67 bits per heavy atom. The molecule has 0 aliphatic heterocycles. The number of rotatable bonds is 2. The number of hydrogen-bond donors (Lipinski definition) is 2. The molecule has 78 valence electrons. The molecule has 1 aromatic carbocycles. The molecule has 0 saturated heterocycles. The molecule has 3 heteroatoms. The molecule has 2 aromatic rings. The van der Waals surface area contributed by atoms with E-state index in [-0.39, 0.29) is 0 Å². The van der Waals surface area contributed by atoms with Gasteiger partial charge in [0.1, 0.15) is 6.10 Å². The van der Waals surface area contributed by atoms with Gasteiger partial charge in [-0.05, 0) is 30.2 Å². The van der Waals surface area contributed by atoms with Crippen LogP contribution in [-0.2, 0) is 0 Å². The Kier molecular flexibility index (Phi) is 2.80.